The van der Waals surface area contributed by atoms with E-state index in [9.17, 15) is 31.5 Å². The van der Waals surface area contributed by atoms with Crippen molar-refractivity contribution < 1.29 is 31.5 Å². The van der Waals surface area contributed by atoms with Crippen LogP contribution in [0, 0.1) is 5.82 Å². The quantitative estimate of drug-likeness (QED) is 0.449. The highest BCUT2D eigenvalue weighted by Crippen LogP contribution is 2.23. The number of carbonyl (C=O) groups excluding carboxylic acids is 1. The van der Waals surface area contributed by atoms with E-state index in [2.05, 4.69) is 20.4 Å². The highest BCUT2D eigenvalue weighted by molar-refractivity contribution is 5.91. The second kappa shape index (κ2) is 10.3. The van der Waals surface area contributed by atoms with Gasteiger partial charge in [-0.1, -0.05) is 17.3 Å². The number of amides is 1. The van der Waals surface area contributed by atoms with Gasteiger partial charge in [-0.15, -0.1) is 18.3 Å². The molecule has 34 heavy (non-hydrogen) atoms. The number of hydrogen-bond donors (Lipinski definition) is 2. The lowest BCUT2D eigenvalue weighted by molar-refractivity contribution is -0.274. The summed E-state index contributed by atoms with van der Waals surface area (Å²) >= 11 is 0. The summed E-state index contributed by atoms with van der Waals surface area (Å²) in [4.78, 5) is 24.0. The molecule has 2 aromatic heterocycles. The van der Waals surface area contributed by atoms with Crippen LogP contribution in [-0.4, -0.2) is 38.0 Å². The molecule has 3 N–H and O–H groups in total. The van der Waals surface area contributed by atoms with Crippen molar-refractivity contribution in [3.8, 4) is 5.75 Å². The number of alkyl halides is 4. The van der Waals surface area contributed by atoms with Gasteiger partial charge in [-0.2, -0.15) is 4.39 Å². The summed E-state index contributed by atoms with van der Waals surface area (Å²) in [6.45, 7) is -0.487. The van der Waals surface area contributed by atoms with Gasteiger partial charge in [0, 0.05) is 19.3 Å². The molecule has 0 aliphatic rings. The molecule has 1 aromatic carbocycles. The molecule has 0 aliphatic heterocycles. The SMILES string of the molecule is Nc1ccn(CCC(F)Cn2cc(C(=O)NCc3cccc(OC(F)(F)F)c3)nn2)c(=O)c1F. The maximum atomic E-state index is 14.3. The Morgan fingerprint density at radius 1 is 1.26 bits per heavy atom. The summed E-state index contributed by atoms with van der Waals surface area (Å²) in [6.07, 6.45) is -4.01. The van der Waals surface area contributed by atoms with Gasteiger partial charge < -0.3 is 20.4 Å². The molecule has 0 radical (unpaired) electrons. The molecule has 0 saturated carbocycles. The molecule has 0 saturated heterocycles. The highest BCUT2D eigenvalue weighted by atomic mass is 19.4. The fourth-order valence-electron chi connectivity index (χ4n) is 2.93. The lowest BCUT2D eigenvalue weighted by Gasteiger charge is -2.10. The van der Waals surface area contributed by atoms with Crippen molar-refractivity contribution in [2.24, 2.45) is 0 Å². The van der Waals surface area contributed by atoms with Crippen molar-refractivity contribution in [2.45, 2.75) is 38.6 Å². The average molecular weight is 486 g/mol. The van der Waals surface area contributed by atoms with E-state index in [-0.39, 0.29) is 37.4 Å². The summed E-state index contributed by atoms with van der Waals surface area (Å²) in [5.74, 6) is -2.21. The van der Waals surface area contributed by atoms with Gasteiger partial charge in [0.05, 0.1) is 18.4 Å². The number of anilines is 1. The maximum Gasteiger partial charge on any atom is 0.573 e. The summed E-state index contributed by atoms with van der Waals surface area (Å²) in [5.41, 5.74) is 4.26. The van der Waals surface area contributed by atoms with Crippen LogP contribution in [0.2, 0.25) is 0 Å². The van der Waals surface area contributed by atoms with Crippen LogP contribution < -0.4 is 21.3 Å². The van der Waals surface area contributed by atoms with Gasteiger partial charge >= 0.3 is 6.36 Å². The van der Waals surface area contributed by atoms with Gasteiger partial charge in [0.2, 0.25) is 5.82 Å². The number of nitrogen functional groups attached to an aromatic ring is 1. The number of nitrogens with two attached hydrogens (primary N) is 1. The molecule has 2 heterocycles. The van der Waals surface area contributed by atoms with Crippen molar-refractivity contribution in [1.82, 2.24) is 24.9 Å². The van der Waals surface area contributed by atoms with Gasteiger partial charge in [-0.05, 0) is 30.2 Å². The number of carbonyl (C=O) groups is 1. The first-order chi connectivity index (χ1) is 16.0. The Bertz CT molecular complexity index is 1210. The maximum absolute atomic E-state index is 14.3. The molecular formula is C20H19F5N6O3. The van der Waals surface area contributed by atoms with E-state index >= 15 is 0 Å². The zero-order chi connectivity index (χ0) is 24.9. The topological polar surface area (TPSA) is 117 Å². The Hall–Kier alpha value is -3.97. The van der Waals surface area contributed by atoms with Crippen LogP contribution in [0.15, 0.2) is 47.5 Å². The molecule has 0 aliphatic carbocycles. The molecule has 14 heteroatoms. The number of aromatic nitrogens is 4. The number of ether oxygens (including phenoxy) is 1. The molecule has 3 aromatic rings. The molecular weight excluding hydrogens is 467 g/mol. The Balaban J connectivity index is 1.51. The first-order valence-electron chi connectivity index (χ1n) is 9.83. The van der Waals surface area contributed by atoms with Crippen LogP contribution in [0.1, 0.15) is 22.5 Å². The molecule has 182 valence electrons. The van der Waals surface area contributed by atoms with Gasteiger partial charge in [-0.3, -0.25) is 9.59 Å². The van der Waals surface area contributed by atoms with Crippen molar-refractivity contribution in [3.05, 3.63) is 70.2 Å². The first kappa shape index (κ1) is 24.7. The van der Waals surface area contributed by atoms with E-state index in [1.807, 2.05) is 0 Å². The first-order valence-corrected chi connectivity index (χ1v) is 9.83. The number of pyridine rings is 1. The minimum absolute atomic E-state index is 0.101. The van der Waals surface area contributed by atoms with E-state index < -0.39 is 35.6 Å². The van der Waals surface area contributed by atoms with Gasteiger partial charge in [0.15, 0.2) is 5.69 Å². The largest absolute Gasteiger partial charge is 0.573 e. The summed E-state index contributed by atoms with van der Waals surface area (Å²) in [5, 5.41) is 9.77. The van der Waals surface area contributed by atoms with Crippen LogP contribution in [0.25, 0.3) is 0 Å². The van der Waals surface area contributed by atoms with Gasteiger partial charge in [0.1, 0.15) is 11.9 Å². The lowest BCUT2D eigenvalue weighted by Crippen LogP contribution is -2.25. The summed E-state index contributed by atoms with van der Waals surface area (Å²) in [7, 11) is 0. The molecule has 1 unspecified atom stereocenters. The molecule has 0 fully saturated rings. The van der Waals surface area contributed by atoms with Gasteiger partial charge in [0.25, 0.3) is 11.5 Å². The second-order valence-electron chi connectivity index (χ2n) is 7.17. The van der Waals surface area contributed by atoms with Crippen LogP contribution in [-0.2, 0) is 19.6 Å². The summed E-state index contributed by atoms with van der Waals surface area (Å²) in [6, 6.07) is 6.28. The van der Waals surface area contributed by atoms with E-state index in [0.717, 1.165) is 21.4 Å². The van der Waals surface area contributed by atoms with Gasteiger partial charge in [-0.25, -0.2) is 9.07 Å². The molecule has 9 nitrogen and oxygen atoms in total. The molecule has 0 spiro atoms. The number of nitrogens with zero attached hydrogens (tertiary/aromatic N) is 4. The van der Waals surface area contributed by atoms with Crippen LogP contribution in [0.5, 0.6) is 5.75 Å². The summed E-state index contributed by atoms with van der Waals surface area (Å²) < 4.78 is 70.7. The Kier molecular flexibility index (Phi) is 7.48. The van der Waals surface area contributed by atoms with E-state index in [0.29, 0.717) is 5.56 Å². The number of benzene rings is 1. The smallest absolute Gasteiger partial charge is 0.406 e. The number of hydrogen-bond acceptors (Lipinski definition) is 6. The predicted octanol–water partition coefficient (Wildman–Crippen LogP) is 2.42. The van der Waals surface area contributed by atoms with Crippen molar-refractivity contribution >= 4 is 11.6 Å². The van der Waals surface area contributed by atoms with E-state index in [1.165, 1.54) is 30.6 Å². The third kappa shape index (κ3) is 6.76. The van der Waals surface area contributed by atoms with E-state index in [4.69, 9.17) is 5.73 Å². The third-order valence-corrected chi connectivity index (χ3v) is 4.56. The van der Waals surface area contributed by atoms with Crippen molar-refractivity contribution in [2.75, 3.05) is 5.73 Å². The standard InChI is InChI=1S/C20H19F5N6O3/c21-13(4-6-30-7-5-15(26)17(22)19(30)33)10-31-11-16(28-29-31)18(32)27-9-12-2-1-3-14(8-12)34-20(23,24)25/h1-3,5,7-8,11,13H,4,6,9-10,26H2,(H,27,32). The van der Waals surface area contributed by atoms with Crippen LogP contribution in [0.4, 0.5) is 27.6 Å². The number of aryl methyl sites for hydroxylation is 1. The normalized spacial score (nSPS) is 12.4. The number of rotatable bonds is 9. The number of halogens is 5. The van der Waals surface area contributed by atoms with Crippen molar-refractivity contribution in [1.29, 1.82) is 0 Å². The molecule has 0 bridgehead atoms. The van der Waals surface area contributed by atoms with E-state index in [1.54, 1.807) is 0 Å². The molecule has 1 amide bonds. The fraction of sp³-hybridized carbons (Fsp3) is 0.300. The fourth-order valence-corrected chi connectivity index (χ4v) is 2.93. The third-order valence-electron chi connectivity index (χ3n) is 4.56. The predicted molar refractivity (Wildman–Crippen MR) is 109 cm³/mol. The highest BCUT2D eigenvalue weighted by Gasteiger charge is 2.31. The monoisotopic (exact) mass is 486 g/mol. The van der Waals surface area contributed by atoms with Crippen molar-refractivity contribution in [3.63, 3.8) is 0 Å². The zero-order valence-corrected chi connectivity index (χ0v) is 17.4. The lowest BCUT2D eigenvalue weighted by atomic mass is 10.2. The minimum Gasteiger partial charge on any atom is -0.406 e. The van der Waals surface area contributed by atoms with Crippen LogP contribution >= 0.6 is 0 Å². The second-order valence-corrected chi connectivity index (χ2v) is 7.17. The molecule has 1 atom stereocenters. The Labute approximate surface area is 188 Å². The number of nitrogens with one attached hydrogen (secondary N) is 1. The minimum atomic E-state index is -4.84. The average Bonchev–Trinajstić information content (AvgIpc) is 3.23. The zero-order valence-electron chi connectivity index (χ0n) is 17.4. The Morgan fingerprint density at radius 3 is 2.76 bits per heavy atom. The molecule has 3 rings (SSSR count). The Morgan fingerprint density at radius 2 is 2.03 bits per heavy atom. The van der Waals surface area contributed by atoms with Crippen LogP contribution in [0.3, 0.4) is 0 Å².